The number of carbonyl (C=O) groups is 1. The van der Waals surface area contributed by atoms with Gasteiger partial charge in [-0.1, -0.05) is 6.92 Å². The first kappa shape index (κ1) is 14.9. The maximum atomic E-state index is 11.7. The summed E-state index contributed by atoms with van der Waals surface area (Å²) in [7, 11) is -3.55. The maximum Gasteiger partial charge on any atom is 0.318 e. The Labute approximate surface area is 95.5 Å². The Kier molecular flexibility index (Phi) is 6.69. The van der Waals surface area contributed by atoms with E-state index in [2.05, 4.69) is 0 Å². The van der Waals surface area contributed by atoms with Crippen molar-refractivity contribution in [3.63, 3.8) is 0 Å². The molecule has 0 atom stereocenters. The van der Waals surface area contributed by atoms with Crippen molar-refractivity contribution in [3.05, 3.63) is 0 Å². The van der Waals surface area contributed by atoms with E-state index in [-0.39, 0.29) is 25.1 Å². The molecule has 0 aliphatic carbocycles. The normalized spacial score (nSPS) is 11.3. The van der Waals surface area contributed by atoms with Gasteiger partial charge in [0, 0.05) is 13.0 Å². The summed E-state index contributed by atoms with van der Waals surface area (Å²) in [5.41, 5.74) is 0. The summed E-state index contributed by atoms with van der Waals surface area (Å²) in [6.07, 6.45) is 0.954. The number of carboxylic acids is 1. The van der Waals surface area contributed by atoms with Crippen molar-refractivity contribution in [1.29, 1.82) is 5.26 Å². The predicted octanol–water partition coefficient (Wildman–Crippen LogP) is 0.417. The maximum absolute atomic E-state index is 11.7. The molecule has 6 nitrogen and oxygen atoms in total. The van der Waals surface area contributed by atoms with Gasteiger partial charge in [0.2, 0.25) is 10.0 Å². The van der Waals surface area contributed by atoms with Gasteiger partial charge in [-0.15, -0.1) is 0 Å². The zero-order valence-corrected chi connectivity index (χ0v) is 10.0. The van der Waals surface area contributed by atoms with E-state index >= 15 is 0 Å². The van der Waals surface area contributed by atoms with E-state index in [1.807, 2.05) is 6.07 Å². The molecule has 0 aliphatic heterocycles. The first-order chi connectivity index (χ1) is 7.44. The van der Waals surface area contributed by atoms with E-state index in [1.165, 1.54) is 0 Å². The highest BCUT2D eigenvalue weighted by molar-refractivity contribution is 7.89. The topological polar surface area (TPSA) is 98.5 Å². The van der Waals surface area contributed by atoms with E-state index in [0.717, 1.165) is 4.31 Å². The van der Waals surface area contributed by atoms with E-state index in [0.29, 0.717) is 6.42 Å². The fraction of sp³-hybridized carbons (Fsp3) is 0.778. The number of hydrogen-bond donors (Lipinski definition) is 1. The number of unbranched alkanes of at least 4 members (excludes halogenated alkanes) is 1. The molecule has 0 amide bonds. The highest BCUT2D eigenvalue weighted by Gasteiger charge is 2.22. The van der Waals surface area contributed by atoms with Gasteiger partial charge in [0.25, 0.3) is 0 Å². The quantitative estimate of drug-likeness (QED) is 0.627. The van der Waals surface area contributed by atoms with Crippen LogP contribution in [0.2, 0.25) is 0 Å². The number of sulfonamides is 1. The van der Waals surface area contributed by atoms with E-state index in [9.17, 15) is 13.2 Å². The van der Waals surface area contributed by atoms with Crippen LogP contribution < -0.4 is 0 Å². The minimum atomic E-state index is -3.55. The fourth-order valence-corrected chi connectivity index (χ4v) is 2.71. The Hall–Kier alpha value is -1.13. The SMILES string of the molecule is CCCN(CC(=O)O)S(=O)(=O)CCCC#N. The van der Waals surface area contributed by atoms with Crippen molar-refractivity contribution in [1.82, 2.24) is 4.31 Å². The van der Waals surface area contributed by atoms with Gasteiger partial charge in [-0.2, -0.15) is 9.57 Å². The van der Waals surface area contributed by atoms with Crippen LogP contribution in [0.1, 0.15) is 26.2 Å². The number of carboxylic acid groups (broad SMARTS) is 1. The van der Waals surface area contributed by atoms with Gasteiger partial charge < -0.3 is 5.11 Å². The van der Waals surface area contributed by atoms with Gasteiger partial charge in [-0.25, -0.2) is 8.42 Å². The molecular formula is C9H16N2O4S. The van der Waals surface area contributed by atoms with Crippen molar-refractivity contribution in [2.75, 3.05) is 18.8 Å². The van der Waals surface area contributed by atoms with Crippen LogP contribution in [0, 0.1) is 11.3 Å². The minimum absolute atomic E-state index is 0.159. The van der Waals surface area contributed by atoms with Crippen LogP contribution in [0.25, 0.3) is 0 Å². The molecule has 0 spiro atoms. The summed E-state index contributed by atoms with van der Waals surface area (Å²) < 4.78 is 24.3. The Balaban J connectivity index is 4.50. The summed E-state index contributed by atoms with van der Waals surface area (Å²) in [4.78, 5) is 10.5. The number of rotatable bonds is 8. The molecule has 0 saturated carbocycles. The zero-order chi connectivity index (χ0) is 12.6. The first-order valence-electron chi connectivity index (χ1n) is 5.00. The average molecular weight is 248 g/mol. The molecule has 0 fully saturated rings. The predicted molar refractivity (Wildman–Crippen MR) is 58.1 cm³/mol. The Morgan fingerprint density at radius 2 is 2.12 bits per heavy atom. The Morgan fingerprint density at radius 1 is 1.50 bits per heavy atom. The molecule has 0 bridgehead atoms. The van der Waals surface area contributed by atoms with Crippen LogP contribution in [0.4, 0.5) is 0 Å². The van der Waals surface area contributed by atoms with Crippen molar-refractivity contribution >= 4 is 16.0 Å². The second kappa shape index (κ2) is 7.19. The lowest BCUT2D eigenvalue weighted by molar-refractivity contribution is -0.137. The van der Waals surface area contributed by atoms with Crippen molar-refractivity contribution < 1.29 is 18.3 Å². The molecule has 0 aromatic heterocycles. The lowest BCUT2D eigenvalue weighted by atomic mass is 10.4. The van der Waals surface area contributed by atoms with Crippen LogP contribution in [0.5, 0.6) is 0 Å². The lowest BCUT2D eigenvalue weighted by Gasteiger charge is -2.19. The standard InChI is InChI=1S/C9H16N2O4S/c1-2-6-11(8-9(12)13)16(14,15)7-4-3-5-10/h2-4,6-8H2,1H3,(H,12,13). The lowest BCUT2D eigenvalue weighted by Crippen LogP contribution is -2.37. The third-order valence-corrected chi connectivity index (χ3v) is 3.77. The van der Waals surface area contributed by atoms with Crippen LogP contribution in [-0.4, -0.2) is 42.6 Å². The third-order valence-electron chi connectivity index (χ3n) is 1.87. The molecule has 1 N–H and O–H groups in total. The third kappa shape index (κ3) is 5.68. The highest BCUT2D eigenvalue weighted by Crippen LogP contribution is 2.05. The minimum Gasteiger partial charge on any atom is -0.480 e. The monoisotopic (exact) mass is 248 g/mol. The number of aliphatic carboxylic acids is 1. The molecule has 92 valence electrons. The summed E-state index contributed by atoms with van der Waals surface area (Å²) in [5, 5.41) is 16.9. The molecule has 0 unspecified atom stereocenters. The molecule has 7 heteroatoms. The highest BCUT2D eigenvalue weighted by atomic mass is 32.2. The molecule has 0 aromatic carbocycles. The second-order valence-electron chi connectivity index (χ2n) is 3.30. The molecule has 0 radical (unpaired) electrons. The zero-order valence-electron chi connectivity index (χ0n) is 9.22. The molecule has 0 aliphatic rings. The van der Waals surface area contributed by atoms with Crippen molar-refractivity contribution in [3.8, 4) is 6.07 Å². The van der Waals surface area contributed by atoms with Crippen LogP contribution >= 0.6 is 0 Å². The van der Waals surface area contributed by atoms with Crippen molar-refractivity contribution in [2.45, 2.75) is 26.2 Å². The summed E-state index contributed by atoms with van der Waals surface area (Å²) in [6.45, 7) is 1.46. The van der Waals surface area contributed by atoms with Gasteiger partial charge in [-0.05, 0) is 12.8 Å². The molecule has 16 heavy (non-hydrogen) atoms. The number of nitriles is 1. The van der Waals surface area contributed by atoms with Gasteiger partial charge in [0.1, 0.15) is 6.54 Å². The summed E-state index contributed by atoms with van der Waals surface area (Å²) >= 11 is 0. The molecule has 0 saturated heterocycles. The van der Waals surface area contributed by atoms with Crippen molar-refractivity contribution in [2.24, 2.45) is 0 Å². The van der Waals surface area contributed by atoms with Crippen LogP contribution in [0.3, 0.4) is 0 Å². The number of hydrogen-bond acceptors (Lipinski definition) is 4. The molecule has 0 aromatic rings. The number of nitrogens with zero attached hydrogens (tertiary/aromatic N) is 2. The van der Waals surface area contributed by atoms with E-state index in [4.69, 9.17) is 10.4 Å². The van der Waals surface area contributed by atoms with Crippen LogP contribution in [0.15, 0.2) is 0 Å². The summed E-state index contributed by atoms with van der Waals surface area (Å²) in [5.74, 6) is -1.34. The smallest absolute Gasteiger partial charge is 0.318 e. The molecule has 0 rings (SSSR count). The van der Waals surface area contributed by atoms with E-state index < -0.39 is 22.5 Å². The van der Waals surface area contributed by atoms with Gasteiger partial charge in [-0.3, -0.25) is 4.79 Å². The fourth-order valence-electron chi connectivity index (χ4n) is 1.18. The largest absolute Gasteiger partial charge is 0.480 e. The van der Waals surface area contributed by atoms with Gasteiger partial charge in [0.15, 0.2) is 0 Å². The summed E-state index contributed by atoms with van der Waals surface area (Å²) in [6, 6.07) is 1.85. The average Bonchev–Trinajstić information content (AvgIpc) is 2.16. The first-order valence-corrected chi connectivity index (χ1v) is 6.61. The van der Waals surface area contributed by atoms with Gasteiger partial charge >= 0.3 is 5.97 Å². The Bertz CT molecular complexity index is 358. The van der Waals surface area contributed by atoms with Crippen LogP contribution in [-0.2, 0) is 14.8 Å². The molecular weight excluding hydrogens is 232 g/mol. The Morgan fingerprint density at radius 3 is 2.56 bits per heavy atom. The van der Waals surface area contributed by atoms with Gasteiger partial charge in [0.05, 0.1) is 11.8 Å². The molecule has 0 heterocycles. The second-order valence-corrected chi connectivity index (χ2v) is 5.39. The van der Waals surface area contributed by atoms with E-state index in [1.54, 1.807) is 6.92 Å².